The summed E-state index contributed by atoms with van der Waals surface area (Å²) in [5, 5.41) is 2.86. The number of ether oxygens (including phenoxy) is 1. The van der Waals surface area contributed by atoms with Gasteiger partial charge in [0.1, 0.15) is 11.6 Å². The summed E-state index contributed by atoms with van der Waals surface area (Å²) in [7, 11) is 5.45. The second-order valence-electron chi connectivity index (χ2n) is 9.45. The van der Waals surface area contributed by atoms with Crippen LogP contribution in [0.2, 0.25) is 0 Å². The molecule has 1 atom stereocenters. The maximum atomic E-state index is 13.9. The van der Waals surface area contributed by atoms with Gasteiger partial charge in [-0.25, -0.2) is 4.39 Å². The van der Waals surface area contributed by atoms with E-state index in [9.17, 15) is 14.0 Å². The molecule has 2 amide bonds. The Bertz CT molecular complexity index is 1440. The molecule has 200 valence electrons. The van der Waals surface area contributed by atoms with E-state index < -0.39 is 11.7 Å². The van der Waals surface area contributed by atoms with Crippen molar-refractivity contribution in [2.45, 2.75) is 19.5 Å². The lowest BCUT2D eigenvalue weighted by Crippen LogP contribution is -2.33. The lowest BCUT2D eigenvalue weighted by atomic mass is 10.0. The smallest absolute Gasteiger partial charge is 0.255 e. The van der Waals surface area contributed by atoms with E-state index in [1.54, 1.807) is 43.5 Å². The molecule has 0 saturated heterocycles. The largest absolute Gasteiger partial charge is 0.497 e. The van der Waals surface area contributed by atoms with Gasteiger partial charge in [-0.15, -0.1) is 0 Å². The van der Waals surface area contributed by atoms with Crippen LogP contribution in [0.25, 0.3) is 0 Å². The summed E-state index contributed by atoms with van der Waals surface area (Å²) in [6, 6.07) is 27.8. The molecule has 1 N–H and O–H groups in total. The number of carbonyl (C=O) groups excluding carboxylic acids is 2. The summed E-state index contributed by atoms with van der Waals surface area (Å²) in [5.74, 6) is -0.352. The zero-order valence-electron chi connectivity index (χ0n) is 22.5. The number of nitrogens with zero attached hydrogens (tertiary/aromatic N) is 2. The van der Waals surface area contributed by atoms with Crippen molar-refractivity contribution in [2.75, 3.05) is 31.4 Å². The van der Waals surface area contributed by atoms with Crippen LogP contribution in [0.3, 0.4) is 0 Å². The van der Waals surface area contributed by atoms with Gasteiger partial charge in [0.15, 0.2) is 0 Å². The number of methoxy groups -OCH3 is 1. The molecule has 0 aliphatic carbocycles. The highest BCUT2D eigenvalue weighted by Crippen LogP contribution is 2.30. The minimum Gasteiger partial charge on any atom is -0.497 e. The number of amides is 2. The normalized spacial score (nSPS) is 11.4. The maximum absolute atomic E-state index is 13.9. The van der Waals surface area contributed by atoms with Gasteiger partial charge in [0.2, 0.25) is 0 Å². The van der Waals surface area contributed by atoms with Crippen molar-refractivity contribution in [2.24, 2.45) is 0 Å². The van der Waals surface area contributed by atoms with Crippen LogP contribution in [0.15, 0.2) is 97.1 Å². The van der Waals surface area contributed by atoms with Gasteiger partial charge in [-0.1, -0.05) is 36.4 Å². The molecule has 0 spiro atoms. The first-order valence-electron chi connectivity index (χ1n) is 12.6. The third-order valence-corrected chi connectivity index (χ3v) is 6.59. The second-order valence-corrected chi connectivity index (χ2v) is 9.45. The number of nitrogens with one attached hydrogen (secondary N) is 1. The quantitative estimate of drug-likeness (QED) is 0.269. The highest BCUT2D eigenvalue weighted by atomic mass is 19.1. The predicted molar refractivity (Wildman–Crippen MR) is 153 cm³/mol. The highest BCUT2D eigenvalue weighted by Gasteiger charge is 2.25. The zero-order chi connectivity index (χ0) is 27.9. The number of carbonyl (C=O) groups is 2. The van der Waals surface area contributed by atoms with Crippen LogP contribution < -0.4 is 15.0 Å². The van der Waals surface area contributed by atoms with Gasteiger partial charge in [0.05, 0.1) is 13.2 Å². The fraction of sp³-hybridized carbons (Fsp3) is 0.188. The number of rotatable bonds is 9. The second kappa shape index (κ2) is 12.3. The molecular weight excluding hydrogens is 493 g/mol. The lowest BCUT2D eigenvalue weighted by molar-refractivity contribution is 0.0674. The molecule has 0 aliphatic heterocycles. The Hall–Kier alpha value is -4.65. The van der Waals surface area contributed by atoms with Crippen molar-refractivity contribution in [1.29, 1.82) is 0 Å². The Morgan fingerprint density at radius 3 is 2.23 bits per heavy atom. The van der Waals surface area contributed by atoms with Crippen molar-refractivity contribution in [3.63, 3.8) is 0 Å². The van der Waals surface area contributed by atoms with Crippen molar-refractivity contribution in [3.8, 4) is 5.75 Å². The van der Waals surface area contributed by atoms with E-state index in [0.29, 0.717) is 17.0 Å². The Morgan fingerprint density at radius 2 is 1.59 bits per heavy atom. The molecule has 39 heavy (non-hydrogen) atoms. The van der Waals surface area contributed by atoms with Crippen molar-refractivity contribution >= 4 is 23.2 Å². The molecule has 0 aromatic heterocycles. The first kappa shape index (κ1) is 27.4. The molecule has 6 nitrogen and oxygen atoms in total. The molecule has 0 bridgehead atoms. The number of hydrogen-bond donors (Lipinski definition) is 1. The number of hydrogen-bond acceptors (Lipinski definition) is 4. The van der Waals surface area contributed by atoms with Gasteiger partial charge in [-0.3, -0.25) is 9.59 Å². The summed E-state index contributed by atoms with van der Waals surface area (Å²) in [5.41, 5.74) is 4.08. The molecule has 4 aromatic rings. The fourth-order valence-electron chi connectivity index (χ4n) is 4.44. The molecule has 0 fully saturated rings. The first-order chi connectivity index (χ1) is 18.8. The number of halogens is 1. The van der Waals surface area contributed by atoms with Gasteiger partial charge >= 0.3 is 0 Å². The standard InChI is InChI=1S/C32H32FN3O3/c1-22(23-9-6-5-7-10-23)36(32(38)24-13-16-29(39-4)17-14-24)21-26-20-28(15-18-30(26)35(2)3)34-31(37)25-11-8-12-27(33)19-25/h5-20,22H,21H2,1-4H3,(H,34,37)/t22-/m1/s1. The van der Waals surface area contributed by atoms with Crippen molar-refractivity contribution in [3.05, 3.63) is 125 Å². The Morgan fingerprint density at radius 1 is 0.872 bits per heavy atom. The van der Waals surface area contributed by atoms with E-state index in [1.165, 1.54) is 18.2 Å². The van der Waals surface area contributed by atoms with Crippen LogP contribution in [0, 0.1) is 5.82 Å². The number of benzene rings is 4. The molecule has 0 heterocycles. The SMILES string of the molecule is COc1ccc(C(=O)N(Cc2cc(NC(=O)c3cccc(F)c3)ccc2N(C)C)[C@H](C)c2ccccc2)cc1. The lowest BCUT2D eigenvalue weighted by Gasteiger charge is -2.32. The van der Waals surface area contributed by atoms with Gasteiger partial charge in [0, 0.05) is 43.1 Å². The molecule has 4 aromatic carbocycles. The molecule has 0 unspecified atom stereocenters. The summed E-state index contributed by atoms with van der Waals surface area (Å²) in [6.07, 6.45) is 0. The molecule has 0 aliphatic rings. The highest BCUT2D eigenvalue weighted by molar-refractivity contribution is 6.04. The van der Waals surface area contributed by atoms with E-state index >= 15 is 0 Å². The van der Waals surface area contributed by atoms with Gasteiger partial charge < -0.3 is 19.9 Å². The van der Waals surface area contributed by atoms with E-state index in [2.05, 4.69) is 5.32 Å². The van der Waals surface area contributed by atoms with Gasteiger partial charge in [-0.05, 0) is 78.7 Å². The summed E-state index contributed by atoms with van der Waals surface area (Å²) in [6.45, 7) is 2.29. The Labute approximate surface area is 228 Å². The Kier molecular flexibility index (Phi) is 8.61. The predicted octanol–water partition coefficient (Wildman–Crippen LogP) is 6.56. The zero-order valence-corrected chi connectivity index (χ0v) is 22.5. The van der Waals surface area contributed by atoms with Gasteiger partial charge in [0.25, 0.3) is 11.8 Å². The fourth-order valence-corrected chi connectivity index (χ4v) is 4.44. The van der Waals surface area contributed by atoms with E-state index in [-0.39, 0.29) is 24.1 Å². The number of anilines is 2. The Balaban J connectivity index is 1.70. The molecule has 7 heteroatoms. The van der Waals surface area contributed by atoms with Crippen LogP contribution >= 0.6 is 0 Å². The average molecular weight is 526 g/mol. The summed E-state index contributed by atoms with van der Waals surface area (Å²) >= 11 is 0. The third kappa shape index (κ3) is 6.62. The van der Waals surface area contributed by atoms with Crippen molar-refractivity contribution in [1.82, 2.24) is 4.90 Å². The molecule has 0 radical (unpaired) electrons. The molecule has 4 rings (SSSR count). The van der Waals surface area contributed by atoms with Crippen LogP contribution in [0.5, 0.6) is 5.75 Å². The first-order valence-corrected chi connectivity index (χ1v) is 12.6. The summed E-state index contributed by atoms with van der Waals surface area (Å²) in [4.78, 5) is 30.5. The van der Waals surface area contributed by atoms with Crippen LogP contribution in [0.4, 0.5) is 15.8 Å². The maximum Gasteiger partial charge on any atom is 0.255 e. The summed E-state index contributed by atoms with van der Waals surface area (Å²) < 4.78 is 18.9. The van der Waals surface area contributed by atoms with Crippen LogP contribution in [0.1, 0.15) is 44.8 Å². The minimum atomic E-state index is -0.478. The van der Waals surface area contributed by atoms with Gasteiger partial charge in [-0.2, -0.15) is 0 Å². The van der Waals surface area contributed by atoms with E-state index in [1.807, 2.05) is 73.3 Å². The van der Waals surface area contributed by atoms with Crippen LogP contribution in [-0.2, 0) is 6.54 Å². The van der Waals surface area contributed by atoms with Crippen molar-refractivity contribution < 1.29 is 18.7 Å². The average Bonchev–Trinajstić information content (AvgIpc) is 2.95. The monoisotopic (exact) mass is 525 g/mol. The van der Waals surface area contributed by atoms with E-state index in [0.717, 1.165) is 16.8 Å². The van der Waals surface area contributed by atoms with Crippen LogP contribution in [-0.4, -0.2) is 37.9 Å². The van der Waals surface area contributed by atoms with E-state index in [4.69, 9.17) is 4.74 Å². The topological polar surface area (TPSA) is 61.9 Å². The minimum absolute atomic E-state index is 0.132. The molecular formula is C32H32FN3O3. The third-order valence-electron chi connectivity index (χ3n) is 6.59. The molecule has 0 saturated carbocycles.